The standard InChI is InChI=1S/C14H15NO.C2H6/c1-3-16-13-10-9-11(2)14(15-13)12-7-5-4-6-8-12;1-2/h4-10H,3H2,1-2H3;1-2H3. The molecule has 0 aliphatic heterocycles. The van der Waals surface area contributed by atoms with Crippen molar-refractivity contribution in [2.45, 2.75) is 27.7 Å². The quantitative estimate of drug-likeness (QED) is 0.792. The summed E-state index contributed by atoms with van der Waals surface area (Å²) in [5.41, 5.74) is 3.28. The van der Waals surface area contributed by atoms with E-state index in [4.69, 9.17) is 4.74 Å². The Morgan fingerprint density at radius 3 is 2.28 bits per heavy atom. The van der Waals surface area contributed by atoms with Crippen LogP contribution in [-0.4, -0.2) is 11.6 Å². The highest BCUT2D eigenvalue weighted by atomic mass is 16.5. The minimum absolute atomic E-state index is 0.643. The van der Waals surface area contributed by atoms with Crippen LogP contribution in [0.4, 0.5) is 0 Å². The van der Waals surface area contributed by atoms with E-state index in [1.165, 1.54) is 0 Å². The molecule has 1 heterocycles. The summed E-state index contributed by atoms with van der Waals surface area (Å²) in [7, 11) is 0. The first-order valence-electron chi connectivity index (χ1n) is 6.47. The monoisotopic (exact) mass is 243 g/mol. The molecule has 0 unspecified atom stereocenters. The fraction of sp³-hybridized carbons (Fsp3) is 0.312. The highest BCUT2D eigenvalue weighted by Crippen LogP contribution is 2.23. The van der Waals surface area contributed by atoms with Crippen molar-refractivity contribution in [2.75, 3.05) is 6.61 Å². The average Bonchev–Trinajstić information content (AvgIpc) is 2.44. The molecule has 96 valence electrons. The molecule has 2 heteroatoms. The number of hydrogen-bond donors (Lipinski definition) is 0. The Balaban J connectivity index is 0.000000771. The molecule has 0 atom stereocenters. The molecule has 0 fully saturated rings. The second-order valence-corrected chi connectivity index (χ2v) is 3.61. The summed E-state index contributed by atoms with van der Waals surface area (Å²) in [6.45, 7) is 8.67. The summed E-state index contributed by atoms with van der Waals surface area (Å²) >= 11 is 0. The van der Waals surface area contributed by atoms with Crippen molar-refractivity contribution in [3.05, 3.63) is 48.0 Å². The smallest absolute Gasteiger partial charge is 0.213 e. The maximum absolute atomic E-state index is 5.41. The van der Waals surface area contributed by atoms with E-state index in [1.54, 1.807) is 0 Å². The predicted molar refractivity (Wildman–Crippen MR) is 76.9 cm³/mol. The van der Waals surface area contributed by atoms with Crippen LogP contribution in [0.15, 0.2) is 42.5 Å². The Labute approximate surface area is 110 Å². The fourth-order valence-electron chi connectivity index (χ4n) is 1.63. The van der Waals surface area contributed by atoms with E-state index in [2.05, 4.69) is 24.0 Å². The van der Waals surface area contributed by atoms with Crippen molar-refractivity contribution >= 4 is 0 Å². The first-order valence-corrected chi connectivity index (χ1v) is 6.47. The number of nitrogens with zero attached hydrogens (tertiary/aromatic N) is 1. The van der Waals surface area contributed by atoms with Gasteiger partial charge in [0, 0.05) is 11.6 Å². The number of ether oxygens (including phenoxy) is 1. The van der Waals surface area contributed by atoms with Gasteiger partial charge in [-0.2, -0.15) is 0 Å². The third-order valence-corrected chi connectivity index (χ3v) is 2.41. The maximum Gasteiger partial charge on any atom is 0.213 e. The van der Waals surface area contributed by atoms with Crippen LogP contribution < -0.4 is 4.74 Å². The van der Waals surface area contributed by atoms with Gasteiger partial charge in [0.1, 0.15) is 0 Å². The van der Waals surface area contributed by atoms with Crippen LogP contribution in [0, 0.1) is 6.92 Å². The Kier molecular flexibility index (Phi) is 5.92. The Bertz CT molecular complexity index is 466. The lowest BCUT2D eigenvalue weighted by atomic mass is 10.1. The second-order valence-electron chi connectivity index (χ2n) is 3.61. The summed E-state index contributed by atoms with van der Waals surface area (Å²) < 4.78 is 5.41. The molecule has 0 saturated heterocycles. The van der Waals surface area contributed by atoms with Gasteiger partial charge >= 0.3 is 0 Å². The predicted octanol–water partition coefficient (Wildman–Crippen LogP) is 4.48. The van der Waals surface area contributed by atoms with Crippen molar-refractivity contribution in [1.82, 2.24) is 4.98 Å². The molecule has 0 amide bonds. The topological polar surface area (TPSA) is 22.1 Å². The Morgan fingerprint density at radius 2 is 1.67 bits per heavy atom. The number of benzene rings is 1. The van der Waals surface area contributed by atoms with Gasteiger partial charge in [0.15, 0.2) is 0 Å². The molecule has 2 rings (SSSR count). The molecule has 1 aromatic carbocycles. The molecule has 0 saturated carbocycles. The summed E-state index contributed by atoms with van der Waals surface area (Å²) in [6.07, 6.45) is 0. The lowest BCUT2D eigenvalue weighted by Crippen LogP contribution is -1.96. The van der Waals surface area contributed by atoms with E-state index in [-0.39, 0.29) is 0 Å². The number of rotatable bonds is 3. The lowest BCUT2D eigenvalue weighted by Gasteiger charge is -2.08. The molecule has 0 radical (unpaired) electrons. The first-order chi connectivity index (χ1) is 8.81. The normalized spacial score (nSPS) is 9.33. The minimum atomic E-state index is 0.643. The van der Waals surface area contributed by atoms with Gasteiger partial charge in [-0.25, -0.2) is 4.98 Å². The third-order valence-electron chi connectivity index (χ3n) is 2.41. The van der Waals surface area contributed by atoms with E-state index in [0.29, 0.717) is 12.5 Å². The van der Waals surface area contributed by atoms with Crippen molar-refractivity contribution < 1.29 is 4.74 Å². The second kappa shape index (κ2) is 7.49. The zero-order chi connectivity index (χ0) is 13.4. The summed E-state index contributed by atoms with van der Waals surface area (Å²) in [4.78, 5) is 4.51. The first kappa shape index (κ1) is 14.2. The fourth-order valence-corrected chi connectivity index (χ4v) is 1.63. The molecule has 0 bridgehead atoms. The highest BCUT2D eigenvalue weighted by Gasteiger charge is 2.04. The minimum Gasteiger partial charge on any atom is -0.478 e. The van der Waals surface area contributed by atoms with Gasteiger partial charge in [-0.3, -0.25) is 0 Å². The molecule has 0 N–H and O–H groups in total. The lowest BCUT2D eigenvalue weighted by molar-refractivity contribution is 0.327. The van der Waals surface area contributed by atoms with E-state index >= 15 is 0 Å². The van der Waals surface area contributed by atoms with Crippen LogP contribution in [0.2, 0.25) is 0 Å². The van der Waals surface area contributed by atoms with Crippen molar-refractivity contribution in [1.29, 1.82) is 0 Å². The van der Waals surface area contributed by atoms with Gasteiger partial charge in [-0.1, -0.05) is 50.2 Å². The molecule has 0 aliphatic carbocycles. The Hall–Kier alpha value is -1.83. The largest absolute Gasteiger partial charge is 0.478 e. The number of hydrogen-bond acceptors (Lipinski definition) is 2. The molecule has 1 aromatic heterocycles. The van der Waals surface area contributed by atoms with Crippen molar-refractivity contribution in [2.24, 2.45) is 0 Å². The van der Waals surface area contributed by atoms with Gasteiger partial charge in [0.05, 0.1) is 12.3 Å². The van der Waals surface area contributed by atoms with E-state index in [0.717, 1.165) is 16.8 Å². The third kappa shape index (κ3) is 3.59. The zero-order valence-corrected chi connectivity index (χ0v) is 11.6. The Morgan fingerprint density at radius 1 is 1.00 bits per heavy atom. The maximum atomic E-state index is 5.41. The van der Waals surface area contributed by atoms with Crippen LogP contribution >= 0.6 is 0 Å². The van der Waals surface area contributed by atoms with E-state index < -0.39 is 0 Å². The summed E-state index contributed by atoms with van der Waals surface area (Å²) in [5.74, 6) is 0.687. The average molecular weight is 243 g/mol. The molecular formula is C16H21NO. The van der Waals surface area contributed by atoms with E-state index in [9.17, 15) is 0 Å². The van der Waals surface area contributed by atoms with Gasteiger partial charge < -0.3 is 4.74 Å². The highest BCUT2D eigenvalue weighted by molar-refractivity contribution is 5.63. The summed E-state index contributed by atoms with van der Waals surface area (Å²) in [5, 5.41) is 0. The molecule has 18 heavy (non-hydrogen) atoms. The number of aryl methyl sites for hydroxylation is 1. The van der Waals surface area contributed by atoms with Gasteiger partial charge in [0.25, 0.3) is 0 Å². The molecular weight excluding hydrogens is 222 g/mol. The van der Waals surface area contributed by atoms with Crippen LogP contribution in [0.3, 0.4) is 0 Å². The number of aromatic nitrogens is 1. The van der Waals surface area contributed by atoms with Gasteiger partial charge in [-0.15, -0.1) is 0 Å². The molecule has 2 aromatic rings. The van der Waals surface area contributed by atoms with Crippen LogP contribution in [-0.2, 0) is 0 Å². The van der Waals surface area contributed by atoms with Gasteiger partial charge in [0.2, 0.25) is 5.88 Å². The van der Waals surface area contributed by atoms with Crippen molar-refractivity contribution in [3.8, 4) is 17.1 Å². The van der Waals surface area contributed by atoms with Crippen LogP contribution in [0.1, 0.15) is 26.3 Å². The SMILES string of the molecule is CC.CCOc1ccc(C)c(-c2ccccc2)n1. The zero-order valence-electron chi connectivity index (χ0n) is 11.6. The van der Waals surface area contributed by atoms with Crippen LogP contribution in [0.5, 0.6) is 5.88 Å². The van der Waals surface area contributed by atoms with E-state index in [1.807, 2.05) is 51.1 Å². The molecule has 2 nitrogen and oxygen atoms in total. The number of pyridine rings is 1. The molecule has 0 aliphatic rings. The van der Waals surface area contributed by atoms with Crippen molar-refractivity contribution in [3.63, 3.8) is 0 Å². The molecule has 0 spiro atoms. The van der Waals surface area contributed by atoms with Crippen LogP contribution in [0.25, 0.3) is 11.3 Å². The summed E-state index contributed by atoms with van der Waals surface area (Å²) in [6, 6.07) is 14.1. The van der Waals surface area contributed by atoms with Gasteiger partial charge in [-0.05, 0) is 19.4 Å².